The van der Waals surface area contributed by atoms with Crippen LogP contribution in [0.3, 0.4) is 0 Å². The minimum Gasteiger partial charge on any atom is -0.497 e. The number of hydrogen-bond acceptors (Lipinski definition) is 4. The second-order valence-electron chi connectivity index (χ2n) is 4.44. The maximum atomic E-state index is 12.4. The number of sulfonamides is 1. The van der Waals surface area contributed by atoms with Crippen LogP contribution in [0.4, 0.5) is 5.69 Å². The summed E-state index contributed by atoms with van der Waals surface area (Å²) in [7, 11) is -0.431. The molecule has 0 atom stereocenters. The quantitative estimate of drug-likeness (QED) is 0.615. The van der Waals surface area contributed by atoms with E-state index in [1.54, 1.807) is 13.1 Å². The van der Waals surface area contributed by atoms with Crippen LogP contribution >= 0.6 is 0 Å². The first-order valence-corrected chi connectivity index (χ1v) is 7.77. The number of anilines is 1. The molecule has 0 unspecified atom stereocenters. The lowest BCUT2D eigenvalue weighted by Crippen LogP contribution is -2.28. The molecule has 0 amide bonds. The topological polar surface area (TPSA) is 72.6 Å². The molecule has 2 N–H and O–H groups in total. The summed E-state index contributed by atoms with van der Waals surface area (Å²) in [5.41, 5.74) is 6.00. The van der Waals surface area contributed by atoms with Gasteiger partial charge in [-0.2, -0.15) is 0 Å². The van der Waals surface area contributed by atoms with E-state index in [4.69, 9.17) is 10.5 Å². The maximum Gasteiger partial charge on any atom is 0.244 e. The van der Waals surface area contributed by atoms with Gasteiger partial charge >= 0.3 is 0 Å². The molecule has 0 heterocycles. The molecule has 0 aromatic heterocycles. The van der Waals surface area contributed by atoms with Gasteiger partial charge in [-0.15, -0.1) is 0 Å². The molecule has 6 heteroatoms. The van der Waals surface area contributed by atoms with Gasteiger partial charge in [0.2, 0.25) is 10.0 Å². The molecule has 0 aliphatic rings. The molecule has 5 nitrogen and oxygen atoms in total. The molecule has 0 fully saturated rings. The third-order valence-electron chi connectivity index (χ3n) is 2.98. The van der Waals surface area contributed by atoms with Gasteiger partial charge in [0, 0.05) is 19.7 Å². The molecule has 0 radical (unpaired) electrons. The van der Waals surface area contributed by atoms with Crippen molar-refractivity contribution in [2.45, 2.75) is 31.1 Å². The van der Waals surface area contributed by atoms with Crippen LogP contribution in [0.1, 0.15) is 26.2 Å². The second kappa shape index (κ2) is 6.77. The average molecular weight is 286 g/mol. The summed E-state index contributed by atoms with van der Waals surface area (Å²) in [5, 5.41) is 0. The SMILES string of the molecule is CCCCCN(C)S(=O)(=O)c1ccc(OC)cc1N. The highest BCUT2D eigenvalue weighted by atomic mass is 32.2. The smallest absolute Gasteiger partial charge is 0.244 e. The van der Waals surface area contributed by atoms with E-state index in [1.165, 1.54) is 23.5 Å². The number of rotatable bonds is 7. The van der Waals surface area contributed by atoms with Crippen LogP contribution in [-0.4, -0.2) is 33.4 Å². The molecule has 0 aliphatic heterocycles. The Morgan fingerprint density at radius 3 is 2.53 bits per heavy atom. The van der Waals surface area contributed by atoms with Gasteiger partial charge in [-0.3, -0.25) is 0 Å². The summed E-state index contributed by atoms with van der Waals surface area (Å²) >= 11 is 0. The van der Waals surface area contributed by atoms with E-state index in [0.29, 0.717) is 12.3 Å². The Hall–Kier alpha value is -1.27. The predicted octanol–water partition coefficient (Wildman–Crippen LogP) is 2.09. The summed E-state index contributed by atoms with van der Waals surface area (Å²) < 4.78 is 31.1. The molecular weight excluding hydrogens is 264 g/mol. The maximum absolute atomic E-state index is 12.4. The van der Waals surface area contributed by atoms with Gasteiger partial charge in [-0.1, -0.05) is 19.8 Å². The van der Waals surface area contributed by atoms with Crippen molar-refractivity contribution in [2.24, 2.45) is 0 Å². The van der Waals surface area contributed by atoms with Crippen LogP contribution in [-0.2, 0) is 10.0 Å². The van der Waals surface area contributed by atoms with Crippen molar-refractivity contribution in [1.29, 1.82) is 0 Å². The van der Waals surface area contributed by atoms with E-state index < -0.39 is 10.0 Å². The van der Waals surface area contributed by atoms with E-state index >= 15 is 0 Å². The highest BCUT2D eigenvalue weighted by Crippen LogP contribution is 2.26. The number of nitrogens with two attached hydrogens (primary N) is 1. The Morgan fingerprint density at radius 1 is 1.32 bits per heavy atom. The monoisotopic (exact) mass is 286 g/mol. The van der Waals surface area contributed by atoms with Gasteiger partial charge in [0.1, 0.15) is 10.6 Å². The molecule has 108 valence electrons. The average Bonchev–Trinajstić information content (AvgIpc) is 2.38. The Bertz CT molecular complexity index is 515. The molecule has 1 rings (SSSR count). The first-order chi connectivity index (χ1) is 8.93. The second-order valence-corrected chi connectivity index (χ2v) is 6.45. The fourth-order valence-electron chi connectivity index (χ4n) is 1.76. The first kappa shape index (κ1) is 15.8. The van der Waals surface area contributed by atoms with Gasteiger partial charge in [-0.05, 0) is 18.6 Å². The van der Waals surface area contributed by atoms with Crippen molar-refractivity contribution in [1.82, 2.24) is 4.31 Å². The van der Waals surface area contributed by atoms with Crippen molar-refractivity contribution >= 4 is 15.7 Å². The molecule has 0 saturated heterocycles. The normalized spacial score (nSPS) is 11.8. The third kappa shape index (κ3) is 3.84. The van der Waals surface area contributed by atoms with Crippen LogP contribution in [0.2, 0.25) is 0 Å². The lowest BCUT2D eigenvalue weighted by Gasteiger charge is -2.18. The molecule has 1 aromatic rings. The Labute approximate surface area is 115 Å². The molecule has 0 bridgehead atoms. The number of nitrogens with zero attached hydrogens (tertiary/aromatic N) is 1. The fraction of sp³-hybridized carbons (Fsp3) is 0.538. The van der Waals surface area contributed by atoms with Gasteiger partial charge in [-0.25, -0.2) is 12.7 Å². The van der Waals surface area contributed by atoms with E-state index in [1.807, 2.05) is 0 Å². The van der Waals surface area contributed by atoms with Crippen molar-refractivity contribution in [3.05, 3.63) is 18.2 Å². The molecule has 0 aliphatic carbocycles. The lowest BCUT2D eigenvalue weighted by molar-refractivity contribution is 0.414. The van der Waals surface area contributed by atoms with Crippen molar-refractivity contribution in [3.63, 3.8) is 0 Å². The fourth-order valence-corrected chi connectivity index (χ4v) is 3.06. The van der Waals surface area contributed by atoms with Gasteiger partial charge < -0.3 is 10.5 Å². The zero-order chi connectivity index (χ0) is 14.5. The van der Waals surface area contributed by atoms with Gasteiger partial charge in [0.25, 0.3) is 0 Å². The van der Waals surface area contributed by atoms with Crippen LogP contribution in [0.25, 0.3) is 0 Å². The zero-order valence-corrected chi connectivity index (χ0v) is 12.5. The van der Waals surface area contributed by atoms with Gasteiger partial charge in [0.15, 0.2) is 0 Å². The van der Waals surface area contributed by atoms with Crippen LogP contribution < -0.4 is 10.5 Å². The first-order valence-electron chi connectivity index (χ1n) is 6.33. The summed E-state index contributed by atoms with van der Waals surface area (Å²) in [6.07, 6.45) is 2.92. The van der Waals surface area contributed by atoms with Crippen LogP contribution in [0.5, 0.6) is 5.75 Å². The van der Waals surface area contributed by atoms with Gasteiger partial charge in [0.05, 0.1) is 12.8 Å². The zero-order valence-electron chi connectivity index (χ0n) is 11.7. The summed E-state index contributed by atoms with van der Waals surface area (Å²) in [6, 6.07) is 4.61. The number of nitrogen functional groups attached to an aromatic ring is 1. The molecule has 1 aromatic carbocycles. The molecule has 0 spiro atoms. The highest BCUT2D eigenvalue weighted by molar-refractivity contribution is 7.89. The number of unbranched alkanes of at least 4 members (excludes halogenated alkanes) is 2. The summed E-state index contributed by atoms with van der Waals surface area (Å²) in [4.78, 5) is 0.132. The summed E-state index contributed by atoms with van der Waals surface area (Å²) in [6.45, 7) is 2.58. The largest absolute Gasteiger partial charge is 0.497 e. The highest BCUT2D eigenvalue weighted by Gasteiger charge is 2.23. The van der Waals surface area contributed by atoms with E-state index in [9.17, 15) is 8.42 Å². The van der Waals surface area contributed by atoms with Crippen molar-refractivity contribution in [2.75, 3.05) is 26.4 Å². The standard InChI is InChI=1S/C13H22N2O3S/c1-4-5-6-9-15(2)19(16,17)13-8-7-11(18-3)10-12(13)14/h7-8,10H,4-6,9,14H2,1-3H3. The summed E-state index contributed by atoms with van der Waals surface area (Å²) in [5.74, 6) is 0.546. The predicted molar refractivity (Wildman–Crippen MR) is 76.7 cm³/mol. The number of benzene rings is 1. The minimum atomic E-state index is -3.52. The molecular formula is C13H22N2O3S. The lowest BCUT2D eigenvalue weighted by atomic mass is 10.2. The molecule has 19 heavy (non-hydrogen) atoms. The number of ether oxygens (including phenoxy) is 1. The molecule has 0 saturated carbocycles. The number of hydrogen-bond donors (Lipinski definition) is 1. The van der Waals surface area contributed by atoms with E-state index in [-0.39, 0.29) is 10.6 Å². The van der Waals surface area contributed by atoms with E-state index in [2.05, 4.69) is 6.92 Å². The van der Waals surface area contributed by atoms with Crippen molar-refractivity contribution < 1.29 is 13.2 Å². The van der Waals surface area contributed by atoms with Crippen LogP contribution in [0, 0.1) is 0 Å². The minimum absolute atomic E-state index is 0.132. The Kier molecular flexibility index (Phi) is 5.62. The number of methoxy groups -OCH3 is 1. The van der Waals surface area contributed by atoms with Crippen molar-refractivity contribution in [3.8, 4) is 5.75 Å². The Morgan fingerprint density at radius 2 is 2.00 bits per heavy atom. The Balaban J connectivity index is 2.93. The third-order valence-corrected chi connectivity index (χ3v) is 4.91. The van der Waals surface area contributed by atoms with Crippen LogP contribution in [0.15, 0.2) is 23.1 Å². The van der Waals surface area contributed by atoms with E-state index in [0.717, 1.165) is 19.3 Å².